The van der Waals surface area contributed by atoms with Crippen molar-refractivity contribution in [3.05, 3.63) is 0 Å². The van der Waals surface area contributed by atoms with Crippen molar-refractivity contribution in [1.29, 1.82) is 0 Å². The topological polar surface area (TPSA) is 55.8 Å². The minimum absolute atomic E-state index is 0.119. The molecule has 4 heteroatoms. The van der Waals surface area contributed by atoms with Gasteiger partial charge in [0.05, 0.1) is 13.2 Å². The summed E-state index contributed by atoms with van der Waals surface area (Å²) in [7, 11) is 0. The summed E-state index contributed by atoms with van der Waals surface area (Å²) in [5.41, 5.74) is 0. The molecular formula is C8H16O4. The van der Waals surface area contributed by atoms with Crippen LogP contribution in [0.25, 0.3) is 0 Å². The van der Waals surface area contributed by atoms with Gasteiger partial charge in [-0.3, -0.25) is 4.79 Å². The van der Waals surface area contributed by atoms with E-state index < -0.39 is 0 Å². The van der Waals surface area contributed by atoms with Crippen LogP contribution in [0.4, 0.5) is 0 Å². The zero-order valence-electron chi connectivity index (χ0n) is 7.58. The Morgan fingerprint density at radius 2 is 2.17 bits per heavy atom. The molecule has 4 nitrogen and oxygen atoms in total. The first kappa shape index (κ1) is 11.4. The van der Waals surface area contributed by atoms with Crippen LogP contribution in [0.3, 0.4) is 0 Å². The van der Waals surface area contributed by atoms with Crippen LogP contribution in [0, 0.1) is 5.92 Å². The molecule has 0 fully saturated rings. The maximum absolute atomic E-state index is 10.3. The minimum Gasteiger partial charge on any atom is -0.463 e. The second kappa shape index (κ2) is 7.06. The quantitative estimate of drug-likeness (QED) is 0.464. The third-order valence-corrected chi connectivity index (χ3v) is 1.25. The van der Waals surface area contributed by atoms with Gasteiger partial charge >= 0.3 is 5.97 Å². The van der Waals surface area contributed by atoms with Gasteiger partial charge < -0.3 is 14.6 Å². The van der Waals surface area contributed by atoms with E-state index in [1.165, 1.54) is 6.92 Å². The Hall–Kier alpha value is -0.610. The van der Waals surface area contributed by atoms with E-state index in [-0.39, 0.29) is 25.1 Å². The van der Waals surface area contributed by atoms with E-state index in [0.29, 0.717) is 13.2 Å². The Bertz CT molecular complexity index is 124. The van der Waals surface area contributed by atoms with Gasteiger partial charge in [0.2, 0.25) is 0 Å². The largest absolute Gasteiger partial charge is 0.463 e. The van der Waals surface area contributed by atoms with Crippen molar-refractivity contribution in [1.82, 2.24) is 0 Å². The van der Waals surface area contributed by atoms with Crippen LogP contribution in [-0.2, 0) is 14.3 Å². The first-order chi connectivity index (χ1) is 5.66. The van der Waals surface area contributed by atoms with Gasteiger partial charge in [0.1, 0.15) is 6.61 Å². The van der Waals surface area contributed by atoms with Crippen LogP contribution in [0.15, 0.2) is 0 Å². The van der Waals surface area contributed by atoms with Crippen molar-refractivity contribution < 1.29 is 19.4 Å². The Morgan fingerprint density at radius 3 is 2.67 bits per heavy atom. The summed E-state index contributed by atoms with van der Waals surface area (Å²) in [5, 5.41) is 8.61. The highest BCUT2D eigenvalue weighted by Gasteiger charge is 1.99. The Balaban J connectivity index is 3.05. The highest BCUT2D eigenvalue weighted by atomic mass is 16.6. The normalized spacial score (nSPS) is 12.6. The van der Waals surface area contributed by atoms with Crippen LogP contribution >= 0.6 is 0 Å². The molecule has 0 spiro atoms. The molecule has 0 amide bonds. The number of aliphatic hydroxyl groups excluding tert-OH is 1. The van der Waals surface area contributed by atoms with E-state index >= 15 is 0 Å². The van der Waals surface area contributed by atoms with Gasteiger partial charge in [0, 0.05) is 19.4 Å². The summed E-state index contributed by atoms with van der Waals surface area (Å²) in [4.78, 5) is 10.3. The molecule has 0 bridgehead atoms. The molecule has 1 atom stereocenters. The lowest BCUT2D eigenvalue weighted by atomic mass is 10.2. The standard InChI is InChI=1S/C8H16O4/c1-7(5-9)6-11-3-4-12-8(2)10/h7,9H,3-6H2,1-2H3/t7-/m0/s1. The minimum atomic E-state index is -0.297. The zero-order chi connectivity index (χ0) is 9.40. The van der Waals surface area contributed by atoms with Crippen molar-refractivity contribution in [2.24, 2.45) is 5.92 Å². The molecule has 12 heavy (non-hydrogen) atoms. The van der Waals surface area contributed by atoms with E-state index in [9.17, 15) is 4.79 Å². The van der Waals surface area contributed by atoms with Gasteiger partial charge in [0.25, 0.3) is 0 Å². The second-order valence-corrected chi connectivity index (χ2v) is 2.70. The molecule has 0 saturated heterocycles. The van der Waals surface area contributed by atoms with Crippen LogP contribution in [0.2, 0.25) is 0 Å². The highest BCUT2D eigenvalue weighted by Crippen LogP contribution is 1.92. The van der Waals surface area contributed by atoms with Crippen LogP contribution < -0.4 is 0 Å². The van der Waals surface area contributed by atoms with Gasteiger partial charge in [-0.15, -0.1) is 0 Å². The van der Waals surface area contributed by atoms with Crippen molar-refractivity contribution in [2.75, 3.05) is 26.4 Å². The summed E-state index contributed by atoms with van der Waals surface area (Å²) in [6.07, 6.45) is 0. The number of aliphatic hydroxyl groups is 1. The molecule has 0 aromatic rings. The van der Waals surface area contributed by atoms with Crippen LogP contribution in [0.1, 0.15) is 13.8 Å². The molecule has 0 aliphatic rings. The van der Waals surface area contributed by atoms with Crippen LogP contribution in [0.5, 0.6) is 0 Å². The summed E-state index contributed by atoms with van der Waals surface area (Å²) < 4.78 is 9.73. The molecule has 0 radical (unpaired) electrons. The van der Waals surface area contributed by atoms with Gasteiger partial charge in [-0.25, -0.2) is 0 Å². The average Bonchev–Trinajstić information content (AvgIpc) is 2.03. The summed E-state index contributed by atoms with van der Waals surface area (Å²) in [6, 6.07) is 0. The van der Waals surface area contributed by atoms with E-state index in [0.717, 1.165) is 0 Å². The van der Waals surface area contributed by atoms with Gasteiger partial charge in [-0.05, 0) is 0 Å². The number of rotatable bonds is 6. The first-order valence-electron chi connectivity index (χ1n) is 3.98. The van der Waals surface area contributed by atoms with Crippen molar-refractivity contribution in [2.45, 2.75) is 13.8 Å². The fraction of sp³-hybridized carbons (Fsp3) is 0.875. The van der Waals surface area contributed by atoms with Crippen molar-refractivity contribution >= 4 is 5.97 Å². The maximum atomic E-state index is 10.3. The number of carbonyl (C=O) groups is 1. The Kier molecular flexibility index (Phi) is 6.70. The lowest BCUT2D eigenvalue weighted by molar-refractivity contribution is -0.142. The maximum Gasteiger partial charge on any atom is 0.302 e. The number of hydrogen-bond acceptors (Lipinski definition) is 4. The lowest BCUT2D eigenvalue weighted by Crippen LogP contribution is -2.14. The predicted molar refractivity (Wildman–Crippen MR) is 43.7 cm³/mol. The number of carbonyl (C=O) groups excluding carboxylic acids is 1. The molecule has 0 aliphatic heterocycles. The molecule has 0 aliphatic carbocycles. The van der Waals surface area contributed by atoms with Crippen molar-refractivity contribution in [3.63, 3.8) is 0 Å². The monoisotopic (exact) mass is 176 g/mol. The van der Waals surface area contributed by atoms with Gasteiger partial charge in [-0.1, -0.05) is 6.92 Å². The highest BCUT2D eigenvalue weighted by molar-refractivity contribution is 5.65. The Morgan fingerprint density at radius 1 is 1.50 bits per heavy atom. The van der Waals surface area contributed by atoms with Crippen molar-refractivity contribution in [3.8, 4) is 0 Å². The summed E-state index contributed by atoms with van der Waals surface area (Å²) in [6.45, 7) is 4.53. The third kappa shape index (κ3) is 7.50. The van der Waals surface area contributed by atoms with Crippen LogP contribution in [-0.4, -0.2) is 37.5 Å². The van der Waals surface area contributed by atoms with Gasteiger partial charge in [0.15, 0.2) is 0 Å². The molecule has 0 unspecified atom stereocenters. The second-order valence-electron chi connectivity index (χ2n) is 2.70. The molecule has 72 valence electrons. The van der Waals surface area contributed by atoms with E-state index in [4.69, 9.17) is 9.84 Å². The molecule has 0 aromatic heterocycles. The average molecular weight is 176 g/mol. The SMILES string of the molecule is CC(=O)OCCOC[C@@H](C)CO. The third-order valence-electron chi connectivity index (χ3n) is 1.25. The van der Waals surface area contributed by atoms with E-state index in [2.05, 4.69) is 4.74 Å². The molecule has 1 N–H and O–H groups in total. The molecule has 0 heterocycles. The predicted octanol–water partition coefficient (Wildman–Crippen LogP) is 0.194. The fourth-order valence-corrected chi connectivity index (χ4v) is 0.582. The molecular weight excluding hydrogens is 160 g/mol. The smallest absolute Gasteiger partial charge is 0.302 e. The fourth-order valence-electron chi connectivity index (χ4n) is 0.582. The van der Waals surface area contributed by atoms with Gasteiger partial charge in [-0.2, -0.15) is 0 Å². The molecule has 0 rings (SSSR count). The van der Waals surface area contributed by atoms with E-state index in [1.807, 2.05) is 6.92 Å². The number of ether oxygens (including phenoxy) is 2. The molecule has 0 aromatic carbocycles. The summed E-state index contributed by atoms with van der Waals surface area (Å²) in [5.74, 6) is -0.156. The summed E-state index contributed by atoms with van der Waals surface area (Å²) >= 11 is 0. The number of esters is 1. The number of hydrogen-bond donors (Lipinski definition) is 1. The lowest BCUT2D eigenvalue weighted by Gasteiger charge is -2.08. The first-order valence-corrected chi connectivity index (χ1v) is 3.98. The molecule has 0 saturated carbocycles. The van der Waals surface area contributed by atoms with E-state index in [1.54, 1.807) is 0 Å². The zero-order valence-corrected chi connectivity index (χ0v) is 7.58. The Labute approximate surface area is 72.5 Å².